The Morgan fingerprint density at radius 1 is 0.907 bits per heavy atom. The minimum atomic E-state index is -1.06. The average molecular weight is 602 g/mol. The van der Waals surface area contributed by atoms with Crippen LogP contribution in [0, 0.1) is 34.5 Å². The Bertz CT molecular complexity index is 1100. The van der Waals surface area contributed by atoms with E-state index in [0.29, 0.717) is 13.0 Å². The fraction of sp³-hybridized carbons (Fsp3) is 0.848. The molecule has 0 bridgehead atoms. The first-order valence-electron chi connectivity index (χ1n) is 16.4. The van der Waals surface area contributed by atoms with Crippen LogP contribution in [0.25, 0.3) is 0 Å². The number of nitrogens with one attached hydrogen (secondary N) is 3. The first-order chi connectivity index (χ1) is 19.9. The summed E-state index contributed by atoms with van der Waals surface area (Å²) in [5, 5.41) is 8.98. The number of primary amides is 1. The molecular formula is C33H55N5O5. The molecule has 10 nitrogen and oxygen atoms in total. The van der Waals surface area contributed by atoms with Crippen LogP contribution in [0.2, 0.25) is 0 Å². The van der Waals surface area contributed by atoms with Gasteiger partial charge in [0.1, 0.15) is 12.1 Å². The number of nitrogens with two attached hydrogens (primary N) is 1. The summed E-state index contributed by atoms with van der Waals surface area (Å²) in [5.41, 5.74) is 4.75. The van der Waals surface area contributed by atoms with Gasteiger partial charge in [-0.3, -0.25) is 19.2 Å². The Labute approximate surface area is 257 Å². The number of hydrogen-bond acceptors (Lipinski definition) is 5. The molecule has 4 fully saturated rings. The van der Waals surface area contributed by atoms with Crippen LogP contribution in [0.3, 0.4) is 0 Å². The van der Waals surface area contributed by atoms with Gasteiger partial charge in [0.25, 0.3) is 5.91 Å². The Balaban J connectivity index is 1.54. The Morgan fingerprint density at radius 2 is 1.53 bits per heavy atom. The van der Waals surface area contributed by atoms with Crippen LogP contribution >= 0.6 is 0 Å². The summed E-state index contributed by atoms with van der Waals surface area (Å²) in [4.78, 5) is 67.9. The van der Waals surface area contributed by atoms with Crippen LogP contribution in [-0.4, -0.2) is 64.6 Å². The number of carbonyl (C=O) groups excluding carboxylic acids is 5. The highest BCUT2D eigenvalue weighted by molar-refractivity contribution is 6.37. The first kappa shape index (κ1) is 33.2. The van der Waals surface area contributed by atoms with Gasteiger partial charge < -0.3 is 26.6 Å². The molecule has 1 saturated heterocycles. The van der Waals surface area contributed by atoms with E-state index >= 15 is 0 Å². The number of hydrogen-bond donors (Lipinski definition) is 4. The van der Waals surface area contributed by atoms with Gasteiger partial charge in [-0.2, -0.15) is 0 Å². The maximum Gasteiger partial charge on any atom is 0.315 e. The predicted octanol–water partition coefficient (Wildman–Crippen LogP) is 3.66. The van der Waals surface area contributed by atoms with Crippen molar-refractivity contribution in [3.8, 4) is 0 Å². The molecule has 5 amide bonds. The van der Waals surface area contributed by atoms with E-state index in [-0.39, 0.29) is 46.4 Å². The van der Waals surface area contributed by atoms with Gasteiger partial charge in [0, 0.05) is 12.1 Å². The SMILES string of the molecule is CC(C)(C)CC(C)(C)NC(=O)N[C@H](C(=O)N1C[C@H]2[C@@H]([C@H]1C(=O)N[C@@H](CC1CCC1)C(=O)C(N)=O)C2(C)C)C1CCCCC1. The fourth-order valence-electron chi connectivity index (χ4n) is 8.42. The molecule has 4 aliphatic rings. The summed E-state index contributed by atoms with van der Waals surface area (Å²) in [7, 11) is 0. The lowest BCUT2D eigenvalue weighted by atomic mass is 9.80. The molecule has 4 rings (SSSR count). The molecule has 5 atom stereocenters. The summed E-state index contributed by atoms with van der Waals surface area (Å²) in [6.45, 7) is 15.0. The van der Waals surface area contributed by atoms with Gasteiger partial charge in [-0.05, 0) is 74.0 Å². The minimum Gasteiger partial charge on any atom is -0.363 e. The molecule has 0 radical (unpaired) electrons. The number of ketones is 1. The van der Waals surface area contributed by atoms with Crippen molar-refractivity contribution in [2.45, 2.75) is 136 Å². The summed E-state index contributed by atoms with van der Waals surface area (Å²) >= 11 is 0. The zero-order valence-electron chi connectivity index (χ0n) is 27.4. The van der Waals surface area contributed by atoms with E-state index in [1.807, 2.05) is 13.8 Å². The largest absolute Gasteiger partial charge is 0.363 e. The number of carbonyl (C=O) groups is 5. The highest BCUT2D eigenvalue weighted by atomic mass is 16.2. The van der Waals surface area contributed by atoms with E-state index in [2.05, 4.69) is 50.6 Å². The van der Waals surface area contributed by atoms with Gasteiger partial charge in [-0.1, -0.05) is 73.1 Å². The maximum absolute atomic E-state index is 14.4. The Kier molecular flexibility index (Phi) is 9.58. The van der Waals surface area contributed by atoms with Gasteiger partial charge in [0.05, 0.1) is 6.04 Å². The maximum atomic E-state index is 14.4. The molecule has 3 saturated carbocycles. The van der Waals surface area contributed by atoms with E-state index in [1.54, 1.807) is 4.90 Å². The van der Waals surface area contributed by atoms with Gasteiger partial charge in [-0.15, -0.1) is 0 Å². The summed E-state index contributed by atoms with van der Waals surface area (Å²) < 4.78 is 0. The molecule has 0 spiro atoms. The van der Waals surface area contributed by atoms with Crippen molar-refractivity contribution in [2.75, 3.05) is 6.54 Å². The van der Waals surface area contributed by atoms with E-state index < -0.39 is 41.3 Å². The molecule has 10 heteroatoms. The number of likely N-dealkylation sites (tertiary alicyclic amines) is 1. The van der Waals surface area contributed by atoms with Gasteiger partial charge in [0.15, 0.2) is 0 Å². The number of fused-ring (bicyclic) bond motifs is 1. The summed E-state index contributed by atoms with van der Waals surface area (Å²) in [6.07, 6.45) is 8.86. The van der Waals surface area contributed by atoms with Crippen LogP contribution in [0.4, 0.5) is 4.79 Å². The second-order valence-corrected chi connectivity index (χ2v) is 16.3. The van der Waals surface area contributed by atoms with E-state index in [4.69, 9.17) is 5.73 Å². The van der Waals surface area contributed by atoms with E-state index in [9.17, 15) is 24.0 Å². The number of amides is 5. The first-order valence-corrected chi connectivity index (χ1v) is 16.4. The molecule has 0 aromatic rings. The monoisotopic (exact) mass is 601 g/mol. The van der Waals surface area contributed by atoms with Crippen LogP contribution in [0.1, 0.15) is 113 Å². The van der Waals surface area contributed by atoms with Crippen molar-refractivity contribution in [1.82, 2.24) is 20.9 Å². The highest BCUT2D eigenvalue weighted by Crippen LogP contribution is 2.65. The molecule has 43 heavy (non-hydrogen) atoms. The highest BCUT2D eigenvalue weighted by Gasteiger charge is 2.69. The van der Waals surface area contributed by atoms with Crippen molar-refractivity contribution in [3.63, 3.8) is 0 Å². The number of urea groups is 1. The Morgan fingerprint density at radius 3 is 2.07 bits per heavy atom. The van der Waals surface area contributed by atoms with Crippen molar-refractivity contribution in [1.29, 1.82) is 0 Å². The van der Waals surface area contributed by atoms with Crippen LogP contribution in [0.15, 0.2) is 0 Å². The third-order valence-electron chi connectivity index (χ3n) is 10.5. The van der Waals surface area contributed by atoms with E-state index in [1.165, 1.54) is 0 Å². The average Bonchev–Trinajstić information content (AvgIpc) is 3.19. The molecule has 1 heterocycles. The van der Waals surface area contributed by atoms with Gasteiger partial charge in [-0.25, -0.2) is 4.79 Å². The number of Topliss-reactive ketones (excluding diaryl/α,β-unsaturated/α-hetero) is 1. The Hall–Kier alpha value is -2.65. The van der Waals surface area contributed by atoms with Crippen LogP contribution < -0.4 is 21.7 Å². The van der Waals surface area contributed by atoms with E-state index in [0.717, 1.165) is 57.8 Å². The van der Waals surface area contributed by atoms with Crippen molar-refractivity contribution >= 4 is 29.5 Å². The van der Waals surface area contributed by atoms with Gasteiger partial charge >= 0.3 is 6.03 Å². The third-order valence-corrected chi connectivity index (χ3v) is 10.5. The second-order valence-electron chi connectivity index (χ2n) is 16.3. The molecule has 242 valence electrons. The number of piperidine rings is 1. The normalized spacial score (nSPS) is 26.9. The number of nitrogens with zero attached hydrogens (tertiary/aromatic N) is 1. The fourth-order valence-corrected chi connectivity index (χ4v) is 8.42. The number of rotatable bonds is 11. The third kappa shape index (κ3) is 7.72. The topological polar surface area (TPSA) is 151 Å². The van der Waals surface area contributed by atoms with Gasteiger partial charge in [0.2, 0.25) is 17.6 Å². The second kappa shape index (κ2) is 12.4. The predicted molar refractivity (Wildman–Crippen MR) is 165 cm³/mol. The van der Waals surface area contributed by atoms with Crippen molar-refractivity contribution in [2.24, 2.45) is 40.2 Å². The summed E-state index contributed by atoms with van der Waals surface area (Å²) in [6, 6.07) is -2.89. The minimum absolute atomic E-state index is 0.00568. The lowest BCUT2D eigenvalue weighted by Crippen LogP contribution is -2.61. The summed E-state index contributed by atoms with van der Waals surface area (Å²) in [5.74, 6) is -2.17. The molecule has 1 aliphatic heterocycles. The molecule has 0 aromatic heterocycles. The zero-order valence-corrected chi connectivity index (χ0v) is 27.4. The van der Waals surface area contributed by atoms with Crippen LogP contribution in [-0.2, 0) is 19.2 Å². The standard InChI is InChI=1S/C33H55N5O5/c1-31(2,3)18-32(4,5)37-30(43)36-24(20-14-9-8-10-15-20)29(42)38-17-21-23(33(21,6)7)25(38)28(41)35-22(26(39)27(34)40)16-19-12-11-13-19/h19-25H,8-18H2,1-7H3,(H2,34,40)(H,35,41)(H2,36,37,43)/t21-,22-,23-,24-,25-/m0/s1. The lowest BCUT2D eigenvalue weighted by molar-refractivity contribution is -0.144. The van der Waals surface area contributed by atoms with Crippen molar-refractivity contribution < 1.29 is 24.0 Å². The van der Waals surface area contributed by atoms with Crippen LogP contribution in [0.5, 0.6) is 0 Å². The molecule has 0 unspecified atom stereocenters. The molecule has 5 N–H and O–H groups in total. The zero-order chi connectivity index (χ0) is 31.9. The molecule has 3 aliphatic carbocycles. The van der Waals surface area contributed by atoms with Crippen molar-refractivity contribution in [3.05, 3.63) is 0 Å². The lowest BCUT2D eigenvalue weighted by Gasteiger charge is -2.38. The molecular weight excluding hydrogens is 546 g/mol. The smallest absolute Gasteiger partial charge is 0.315 e. The molecule has 0 aromatic carbocycles. The quantitative estimate of drug-likeness (QED) is 0.267.